The Kier molecular flexibility index (Phi) is 3.47. The third-order valence-corrected chi connectivity index (χ3v) is 2.90. The second-order valence-corrected chi connectivity index (χ2v) is 4.62. The number of aryl methyl sites for hydroxylation is 1. The highest BCUT2D eigenvalue weighted by Gasteiger charge is 2.10. The molecule has 0 bridgehead atoms. The molecular formula is C12H9BrF2N2O. The summed E-state index contributed by atoms with van der Waals surface area (Å²) in [6.07, 6.45) is 1.41. The van der Waals surface area contributed by atoms with Crippen LogP contribution < -0.4 is 10.9 Å². The predicted octanol–water partition coefficient (Wildman–Crippen LogP) is 3.17. The molecule has 0 saturated heterocycles. The SMILES string of the molecule is Cn1ccc(Nc2ccc(Br)cc2F)c(F)c1=O. The molecule has 3 nitrogen and oxygen atoms in total. The van der Waals surface area contributed by atoms with Gasteiger partial charge in [-0.15, -0.1) is 0 Å². The van der Waals surface area contributed by atoms with E-state index in [1.54, 1.807) is 6.07 Å². The van der Waals surface area contributed by atoms with Gasteiger partial charge in [0, 0.05) is 17.7 Å². The molecule has 6 heteroatoms. The van der Waals surface area contributed by atoms with Crippen LogP contribution in [0, 0.1) is 11.6 Å². The van der Waals surface area contributed by atoms with E-state index in [1.165, 1.54) is 31.4 Å². The summed E-state index contributed by atoms with van der Waals surface area (Å²) in [4.78, 5) is 11.4. The fraction of sp³-hybridized carbons (Fsp3) is 0.0833. The Labute approximate surface area is 110 Å². The van der Waals surface area contributed by atoms with Gasteiger partial charge in [0.2, 0.25) is 5.82 Å². The molecule has 0 unspecified atom stereocenters. The first-order valence-electron chi connectivity index (χ1n) is 5.06. The molecular weight excluding hydrogens is 306 g/mol. The monoisotopic (exact) mass is 314 g/mol. The second-order valence-electron chi connectivity index (χ2n) is 3.71. The molecule has 0 spiro atoms. The van der Waals surface area contributed by atoms with E-state index in [4.69, 9.17) is 0 Å². The first-order chi connectivity index (χ1) is 8.49. The number of benzene rings is 1. The number of anilines is 2. The Balaban J connectivity index is 2.40. The highest BCUT2D eigenvalue weighted by atomic mass is 79.9. The molecule has 2 rings (SSSR count). The van der Waals surface area contributed by atoms with Gasteiger partial charge in [0.1, 0.15) is 5.82 Å². The Morgan fingerprint density at radius 1 is 1.22 bits per heavy atom. The van der Waals surface area contributed by atoms with E-state index in [0.29, 0.717) is 4.47 Å². The quantitative estimate of drug-likeness (QED) is 0.924. The third-order valence-electron chi connectivity index (χ3n) is 2.41. The van der Waals surface area contributed by atoms with E-state index in [0.717, 1.165) is 4.57 Å². The average molecular weight is 315 g/mol. The van der Waals surface area contributed by atoms with Gasteiger partial charge in [0.25, 0.3) is 5.56 Å². The minimum atomic E-state index is -0.942. The maximum Gasteiger partial charge on any atom is 0.288 e. The van der Waals surface area contributed by atoms with Gasteiger partial charge >= 0.3 is 0 Å². The highest BCUT2D eigenvalue weighted by molar-refractivity contribution is 9.10. The van der Waals surface area contributed by atoms with Crippen molar-refractivity contribution in [3.05, 3.63) is 56.9 Å². The van der Waals surface area contributed by atoms with Crippen LogP contribution in [0.5, 0.6) is 0 Å². The summed E-state index contributed by atoms with van der Waals surface area (Å²) in [6, 6.07) is 5.69. The molecule has 0 amide bonds. The smallest absolute Gasteiger partial charge is 0.288 e. The van der Waals surface area contributed by atoms with Crippen molar-refractivity contribution in [2.45, 2.75) is 0 Å². The van der Waals surface area contributed by atoms with Crippen molar-refractivity contribution >= 4 is 27.3 Å². The van der Waals surface area contributed by atoms with E-state index in [2.05, 4.69) is 21.2 Å². The molecule has 1 aromatic heterocycles. The lowest BCUT2D eigenvalue weighted by molar-refractivity contribution is 0.594. The van der Waals surface area contributed by atoms with E-state index in [9.17, 15) is 13.6 Å². The van der Waals surface area contributed by atoms with Crippen molar-refractivity contribution in [2.75, 3.05) is 5.32 Å². The molecule has 0 aliphatic rings. The van der Waals surface area contributed by atoms with Crippen molar-refractivity contribution in [3.63, 3.8) is 0 Å². The van der Waals surface area contributed by atoms with Crippen LogP contribution in [0.25, 0.3) is 0 Å². The lowest BCUT2D eigenvalue weighted by Crippen LogP contribution is -2.20. The van der Waals surface area contributed by atoms with Gasteiger partial charge in [0.05, 0.1) is 11.4 Å². The molecule has 0 saturated carbocycles. The fourth-order valence-corrected chi connectivity index (χ4v) is 1.76. The van der Waals surface area contributed by atoms with Gasteiger partial charge < -0.3 is 9.88 Å². The van der Waals surface area contributed by atoms with Crippen molar-refractivity contribution < 1.29 is 8.78 Å². The summed E-state index contributed by atoms with van der Waals surface area (Å²) in [7, 11) is 1.44. The molecule has 1 aromatic carbocycles. The molecule has 0 radical (unpaired) electrons. The maximum atomic E-state index is 13.6. The van der Waals surface area contributed by atoms with Crippen molar-refractivity contribution in [3.8, 4) is 0 Å². The molecule has 0 atom stereocenters. The maximum absolute atomic E-state index is 13.6. The Morgan fingerprint density at radius 2 is 1.94 bits per heavy atom. The number of hydrogen-bond acceptors (Lipinski definition) is 2. The van der Waals surface area contributed by atoms with Crippen molar-refractivity contribution in [2.24, 2.45) is 7.05 Å². The lowest BCUT2D eigenvalue weighted by atomic mass is 10.3. The molecule has 1 N–H and O–H groups in total. The second kappa shape index (κ2) is 4.89. The molecule has 18 heavy (non-hydrogen) atoms. The van der Waals surface area contributed by atoms with Crippen LogP contribution in [0.4, 0.5) is 20.2 Å². The predicted molar refractivity (Wildman–Crippen MR) is 69.0 cm³/mol. The first-order valence-corrected chi connectivity index (χ1v) is 5.85. The van der Waals surface area contributed by atoms with Crippen LogP contribution in [-0.2, 0) is 7.05 Å². The Bertz CT molecular complexity index is 655. The Morgan fingerprint density at radius 3 is 2.61 bits per heavy atom. The summed E-state index contributed by atoms with van der Waals surface area (Å²) in [5.74, 6) is -1.48. The first kappa shape index (κ1) is 12.8. The largest absolute Gasteiger partial charge is 0.351 e. The van der Waals surface area contributed by atoms with Crippen LogP contribution in [-0.4, -0.2) is 4.57 Å². The highest BCUT2D eigenvalue weighted by Crippen LogP contribution is 2.23. The standard InChI is InChI=1S/C12H9BrF2N2O/c1-17-5-4-10(11(15)12(17)18)16-9-3-2-7(13)6-8(9)14/h2-6,16H,1H3. The lowest BCUT2D eigenvalue weighted by Gasteiger charge is -2.09. The number of halogens is 3. The van der Waals surface area contributed by atoms with Gasteiger partial charge in [-0.2, -0.15) is 4.39 Å². The summed E-state index contributed by atoms with van der Waals surface area (Å²) in [5, 5.41) is 2.55. The van der Waals surface area contributed by atoms with E-state index < -0.39 is 17.2 Å². The van der Waals surface area contributed by atoms with Crippen LogP contribution in [0.2, 0.25) is 0 Å². The van der Waals surface area contributed by atoms with Crippen LogP contribution >= 0.6 is 15.9 Å². The third kappa shape index (κ3) is 2.43. The molecule has 2 aromatic rings. The molecule has 0 aliphatic carbocycles. The normalized spacial score (nSPS) is 10.4. The summed E-state index contributed by atoms with van der Waals surface area (Å²) in [5.41, 5.74) is -0.720. The number of nitrogens with zero attached hydrogens (tertiary/aromatic N) is 1. The number of aromatic nitrogens is 1. The zero-order valence-corrected chi connectivity index (χ0v) is 11.0. The average Bonchev–Trinajstić information content (AvgIpc) is 2.33. The number of rotatable bonds is 2. The Hall–Kier alpha value is -1.69. The zero-order valence-electron chi connectivity index (χ0n) is 9.38. The summed E-state index contributed by atoms with van der Waals surface area (Å²) >= 11 is 3.12. The number of hydrogen-bond donors (Lipinski definition) is 1. The minimum absolute atomic E-state index is 0.0562. The number of nitrogens with one attached hydrogen (secondary N) is 1. The molecule has 1 heterocycles. The van der Waals surface area contributed by atoms with Gasteiger partial charge in [-0.05, 0) is 24.3 Å². The van der Waals surface area contributed by atoms with Gasteiger partial charge in [0.15, 0.2) is 0 Å². The molecule has 0 aliphatic heterocycles. The van der Waals surface area contributed by atoms with Gasteiger partial charge in [-0.3, -0.25) is 4.79 Å². The summed E-state index contributed by atoms with van der Waals surface area (Å²) < 4.78 is 28.9. The van der Waals surface area contributed by atoms with Crippen LogP contribution in [0.1, 0.15) is 0 Å². The van der Waals surface area contributed by atoms with Gasteiger partial charge in [-0.25, -0.2) is 4.39 Å². The number of pyridine rings is 1. The molecule has 94 valence electrons. The van der Waals surface area contributed by atoms with Crippen molar-refractivity contribution in [1.29, 1.82) is 0 Å². The van der Waals surface area contributed by atoms with E-state index in [-0.39, 0.29) is 11.4 Å². The van der Waals surface area contributed by atoms with E-state index in [1.807, 2.05) is 0 Å². The van der Waals surface area contributed by atoms with Crippen molar-refractivity contribution in [1.82, 2.24) is 4.57 Å². The molecule has 0 fully saturated rings. The van der Waals surface area contributed by atoms with Crippen LogP contribution in [0.15, 0.2) is 39.7 Å². The fourth-order valence-electron chi connectivity index (χ4n) is 1.43. The zero-order chi connectivity index (χ0) is 13.3. The van der Waals surface area contributed by atoms with Crippen LogP contribution in [0.3, 0.4) is 0 Å². The topological polar surface area (TPSA) is 34.0 Å². The van der Waals surface area contributed by atoms with E-state index >= 15 is 0 Å². The summed E-state index contributed by atoms with van der Waals surface area (Å²) in [6.45, 7) is 0. The minimum Gasteiger partial charge on any atom is -0.351 e. The van der Waals surface area contributed by atoms with Gasteiger partial charge in [-0.1, -0.05) is 15.9 Å².